The minimum atomic E-state index is -0.131. The fourth-order valence-corrected chi connectivity index (χ4v) is 3.93. The summed E-state index contributed by atoms with van der Waals surface area (Å²) in [4.78, 5) is 27.8. The average molecular weight is 401 g/mol. The predicted molar refractivity (Wildman–Crippen MR) is 107 cm³/mol. The van der Waals surface area contributed by atoms with Crippen LogP contribution in [0.4, 0.5) is 0 Å². The maximum absolute atomic E-state index is 13.1. The third-order valence-electron chi connectivity index (χ3n) is 5.51. The average Bonchev–Trinajstić information content (AvgIpc) is 3.53. The minimum Gasteiger partial charge on any atom is -0.469 e. The normalized spacial score (nSPS) is 18.6. The summed E-state index contributed by atoms with van der Waals surface area (Å²) in [7, 11) is 0. The van der Waals surface area contributed by atoms with Crippen molar-refractivity contribution < 1.29 is 13.7 Å². The number of aromatic nitrogens is 4. The van der Waals surface area contributed by atoms with E-state index in [2.05, 4.69) is 20.1 Å². The Hall–Kier alpha value is -3.81. The second-order valence-electron chi connectivity index (χ2n) is 7.29. The summed E-state index contributed by atoms with van der Waals surface area (Å²) in [5, 5.41) is 4.15. The van der Waals surface area contributed by atoms with Crippen molar-refractivity contribution in [1.29, 1.82) is 0 Å². The van der Waals surface area contributed by atoms with Crippen molar-refractivity contribution in [2.45, 2.75) is 18.8 Å². The molecule has 4 aromatic rings. The zero-order valence-corrected chi connectivity index (χ0v) is 16.3. The van der Waals surface area contributed by atoms with E-state index in [0.29, 0.717) is 36.1 Å². The van der Waals surface area contributed by atoms with Gasteiger partial charge in [-0.3, -0.25) is 14.8 Å². The van der Waals surface area contributed by atoms with E-state index >= 15 is 0 Å². The lowest BCUT2D eigenvalue weighted by atomic mass is 9.90. The van der Waals surface area contributed by atoms with E-state index in [0.717, 1.165) is 11.1 Å². The Kier molecular flexibility index (Phi) is 4.59. The van der Waals surface area contributed by atoms with Crippen molar-refractivity contribution in [3.05, 3.63) is 84.2 Å². The molecule has 0 saturated carbocycles. The summed E-state index contributed by atoms with van der Waals surface area (Å²) in [6, 6.07) is 9.28. The molecule has 1 amide bonds. The highest BCUT2D eigenvalue weighted by Crippen LogP contribution is 2.40. The molecule has 0 aliphatic carbocycles. The van der Waals surface area contributed by atoms with Crippen LogP contribution in [0.1, 0.15) is 39.4 Å². The third-order valence-corrected chi connectivity index (χ3v) is 5.51. The number of nitrogens with zero attached hydrogens (tertiary/aromatic N) is 5. The van der Waals surface area contributed by atoms with Crippen LogP contribution in [0.5, 0.6) is 0 Å². The Morgan fingerprint density at radius 1 is 1.07 bits per heavy atom. The predicted octanol–water partition coefficient (Wildman–Crippen LogP) is 3.45. The smallest absolute Gasteiger partial charge is 0.257 e. The van der Waals surface area contributed by atoms with Gasteiger partial charge in [0.25, 0.3) is 5.91 Å². The van der Waals surface area contributed by atoms with Crippen LogP contribution in [0.3, 0.4) is 0 Å². The van der Waals surface area contributed by atoms with Gasteiger partial charge in [0.05, 0.1) is 17.7 Å². The number of carbonyl (C=O) groups excluding carboxylic acids is 1. The Labute approximate surface area is 172 Å². The summed E-state index contributed by atoms with van der Waals surface area (Å²) < 4.78 is 11.0. The molecule has 0 bridgehead atoms. The molecule has 1 fully saturated rings. The second kappa shape index (κ2) is 7.55. The van der Waals surface area contributed by atoms with Crippen LogP contribution in [-0.4, -0.2) is 44.0 Å². The van der Waals surface area contributed by atoms with Crippen LogP contribution in [0.15, 0.2) is 70.3 Å². The summed E-state index contributed by atoms with van der Waals surface area (Å²) in [6.45, 7) is 2.80. The van der Waals surface area contributed by atoms with Gasteiger partial charge in [0.2, 0.25) is 11.7 Å². The molecule has 2 atom stereocenters. The molecule has 8 nitrogen and oxygen atoms in total. The fraction of sp³-hybridized carbons (Fsp3) is 0.227. The molecule has 5 rings (SSSR count). The van der Waals surface area contributed by atoms with Gasteiger partial charge in [0, 0.05) is 49.4 Å². The van der Waals surface area contributed by atoms with Crippen molar-refractivity contribution in [2.24, 2.45) is 0 Å². The van der Waals surface area contributed by atoms with Gasteiger partial charge in [-0.25, -0.2) is 0 Å². The van der Waals surface area contributed by atoms with Gasteiger partial charge in [-0.1, -0.05) is 11.2 Å². The molecular formula is C22H19N5O3. The van der Waals surface area contributed by atoms with E-state index < -0.39 is 0 Å². The van der Waals surface area contributed by atoms with E-state index in [1.165, 1.54) is 6.26 Å². The van der Waals surface area contributed by atoms with Crippen LogP contribution in [-0.2, 0) is 0 Å². The van der Waals surface area contributed by atoms with E-state index in [4.69, 9.17) is 8.94 Å². The number of hydrogen-bond acceptors (Lipinski definition) is 7. The molecule has 30 heavy (non-hydrogen) atoms. The first kappa shape index (κ1) is 18.2. The van der Waals surface area contributed by atoms with Crippen molar-refractivity contribution in [3.8, 4) is 11.4 Å². The van der Waals surface area contributed by atoms with E-state index in [1.54, 1.807) is 31.6 Å². The fourth-order valence-electron chi connectivity index (χ4n) is 3.93. The van der Waals surface area contributed by atoms with Crippen molar-refractivity contribution in [2.75, 3.05) is 13.1 Å². The molecule has 1 aliphatic rings. The van der Waals surface area contributed by atoms with Crippen molar-refractivity contribution in [1.82, 2.24) is 25.0 Å². The molecule has 150 valence electrons. The number of furan rings is 1. The molecule has 1 aliphatic heterocycles. The standard InChI is InChI=1S/C22H19N5O3/c1-14-17(6-10-29-14)22(28)27-12-18(16-3-2-7-24-11-16)19(13-27)21-25-20(26-30-21)15-4-8-23-9-5-15/h2-11,18-19H,12-13H2,1H3. The first-order valence-electron chi connectivity index (χ1n) is 9.68. The lowest BCUT2D eigenvalue weighted by Gasteiger charge is -2.16. The van der Waals surface area contributed by atoms with Gasteiger partial charge in [0.1, 0.15) is 5.76 Å². The van der Waals surface area contributed by atoms with Gasteiger partial charge < -0.3 is 13.8 Å². The lowest BCUT2D eigenvalue weighted by Crippen LogP contribution is -2.29. The van der Waals surface area contributed by atoms with Gasteiger partial charge in [-0.05, 0) is 36.8 Å². The van der Waals surface area contributed by atoms with E-state index in [-0.39, 0.29) is 17.7 Å². The second-order valence-corrected chi connectivity index (χ2v) is 7.29. The number of rotatable bonds is 4. The van der Waals surface area contributed by atoms with Crippen LogP contribution < -0.4 is 0 Å². The Morgan fingerprint density at radius 2 is 1.90 bits per heavy atom. The van der Waals surface area contributed by atoms with Crippen LogP contribution >= 0.6 is 0 Å². The highest BCUT2D eigenvalue weighted by atomic mass is 16.5. The molecule has 0 aromatic carbocycles. The number of amides is 1. The molecule has 5 heterocycles. The quantitative estimate of drug-likeness (QED) is 0.516. The molecular weight excluding hydrogens is 382 g/mol. The molecule has 2 unspecified atom stereocenters. The zero-order chi connectivity index (χ0) is 20.5. The van der Waals surface area contributed by atoms with Gasteiger partial charge in [-0.15, -0.1) is 0 Å². The largest absolute Gasteiger partial charge is 0.469 e. The molecule has 0 radical (unpaired) electrons. The number of pyridine rings is 2. The zero-order valence-electron chi connectivity index (χ0n) is 16.3. The lowest BCUT2D eigenvalue weighted by molar-refractivity contribution is 0.0786. The van der Waals surface area contributed by atoms with Gasteiger partial charge in [0.15, 0.2) is 0 Å². The number of hydrogen-bond donors (Lipinski definition) is 0. The number of likely N-dealkylation sites (tertiary alicyclic amines) is 1. The summed E-state index contributed by atoms with van der Waals surface area (Å²) in [5.74, 6) is 1.43. The van der Waals surface area contributed by atoms with Crippen LogP contribution in [0, 0.1) is 6.92 Å². The molecule has 0 spiro atoms. The Morgan fingerprint density at radius 3 is 2.63 bits per heavy atom. The summed E-state index contributed by atoms with van der Waals surface area (Å²) in [6.07, 6.45) is 8.47. The van der Waals surface area contributed by atoms with Crippen LogP contribution in [0.2, 0.25) is 0 Å². The van der Waals surface area contributed by atoms with Gasteiger partial charge >= 0.3 is 0 Å². The van der Waals surface area contributed by atoms with Crippen LogP contribution in [0.25, 0.3) is 11.4 Å². The van der Waals surface area contributed by atoms with Crippen molar-refractivity contribution >= 4 is 5.91 Å². The highest BCUT2D eigenvalue weighted by molar-refractivity contribution is 5.95. The molecule has 8 heteroatoms. The Bertz CT molecular complexity index is 1160. The number of aryl methyl sites for hydroxylation is 1. The van der Waals surface area contributed by atoms with E-state index in [1.807, 2.05) is 35.4 Å². The van der Waals surface area contributed by atoms with Crippen molar-refractivity contribution in [3.63, 3.8) is 0 Å². The summed E-state index contributed by atoms with van der Waals surface area (Å²) >= 11 is 0. The maximum atomic E-state index is 13.1. The molecule has 1 saturated heterocycles. The van der Waals surface area contributed by atoms with E-state index in [9.17, 15) is 4.79 Å². The first-order chi connectivity index (χ1) is 14.7. The topological polar surface area (TPSA) is 98.2 Å². The minimum absolute atomic E-state index is 0.000553. The molecule has 4 aromatic heterocycles. The third kappa shape index (κ3) is 3.26. The van der Waals surface area contributed by atoms with Gasteiger partial charge in [-0.2, -0.15) is 4.98 Å². The first-order valence-corrected chi connectivity index (χ1v) is 9.68. The maximum Gasteiger partial charge on any atom is 0.257 e. The highest BCUT2D eigenvalue weighted by Gasteiger charge is 2.41. The SMILES string of the molecule is Cc1occc1C(=O)N1CC(c2cccnc2)C(c2nc(-c3ccncc3)no2)C1. The summed E-state index contributed by atoms with van der Waals surface area (Å²) in [5.41, 5.74) is 2.44. The monoisotopic (exact) mass is 401 g/mol. The molecule has 0 N–H and O–H groups in total. The number of carbonyl (C=O) groups is 1. The Balaban J connectivity index is 1.48.